The van der Waals surface area contributed by atoms with Crippen molar-refractivity contribution in [2.45, 2.75) is 19.6 Å². The fraction of sp³-hybridized carbons (Fsp3) is 0.235. The number of nitrogens with zero attached hydrogens (tertiary/aromatic N) is 1. The van der Waals surface area contributed by atoms with Gasteiger partial charge in [0.05, 0.1) is 4.60 Å². The minimum atomic E-state index is -0.814. The van der Waals surface area contributed by atoms with Gasteiger partial charge in [0.15, 0.2) is 0 Å². The van der Waals surface area contributed by atoms with Crippen molar-refractivity contribution in [1.29, 1.82) is 0 Å². The maximum Gasteiger partial charge on any atom is 0.410 e. The summed E-state index contributed by atoms with van der Waals surface area (Å²) in [6, 6.07) is 11.5. The number of aromatic amines is 1. The Kier molecular flexibility index (Phi) is 6.35. The summed E-state index contributed by atoms with van der Waals surface area (Å²) in [7, 11) is 1.46. The molecule has 0 saturated heterocycles. The standard InChI is InChI=1S/C17H18BrN3O4/c1-11(15(22)19-13-8-9-14(18)20-16(13)23)21(2)17(24)25-10-12-6-4-3-5-7-12/h3-9,11H,10H2,1-2H3,(H,19,22)(H,20,23). The summed E-state index contributed by atoms with van der Waals surface area (Å²) in [5.41, 5.74) is 0.512. The first kappa shape index (κ1) is 18.7. The number of benzene rings is 1. The lowest BCUT2D eigenvalue weighted by molar-refractivity contribution is -0.120. The maximum absolute atomic E-state index is 12.2. The quantitative estimate of drug-likeness (QED) is 0.745. The lowest BCUT2D eigenvalue weighted by atomic mass is 10.2. The van der Waals surface area contributed by atoms with Crippen molar-refractivity contribution in [3.05, 3.63) is 63.0 Å². The molecule has 1 aromatic carbocycles. The lowest BCUT2D eigenvalue weighted by Crippen LogP contribution is -2.43. The van der Waals surface area contributed by atoms with Crippen LogP contribution in [0.5, 0.6) is 0 Å². The Hall–Kier alpha value is -2.61. The largest absolute Gasteiger partial charge is 0.445 e. The molecule has 2 rings (SSSR count). The van der Waals surface area contributed by atoms with E-state index in [2.05, 4.69) is 26.2 Å². The van der Waals surface area contributed by atoms with E-state index in [1.165, 1.54) is 18.0 Å². The van der Waals surface area contributed by atoms with Crippen molar-refractivity contribution in [2.75, 3.05) is 12.4 Å². The van der Waals surface area contributed by atoms with Crippen LogP contribution in [0.25, 0.3) is 0 Å². The van der Waals surface area contributed by atoms with E-state index in [1.807, 2.05) is 30.3 Å². The summed E-state index contributed by atoms with van der Waals surface area (Å²) in [6.07, 6.45) is -0.629. The van der Waals surface area contributed by atoms with Crippen LogP contribution in [0.3, 0.4) is 0 Å². The predicted octanol–water partition coefficient (Wildman–Crippen LogP) is 2.73. The molecule has 2 aromatic rings. The van der Waals surface area contributed by atoms with Gasteiger partial charge in [-0.05, 0) is 40.5 Å². The Morgan fingerprint density at radius 1 is 1.24 bits per heavy atom. The van der Waals surface area contributed by atoms with Gasteiger partial charge in [0.2, 0.25) is 5.91 Å². The Morgan fingerprint density at radius 2 is 1.92 bits per heavy atom. The Morgan fingerprint density at radius 3 is 2.56 bits per heavy atom. The van der Waals surface area contributed by atoms with Gasteiger partial charge in [-0.15, -0.1) is 0 Å². The molecule has 0 aliphatic rings. The molecule has 8 heteroatoms. The fourth-order valence-corrected chi connectivity index (χ4v) is 2.25. The SMILES string of the molecule is CC(C(=O)Nc1ccc(Br)[nH]c1=O)N(C)C(=O)OCc1ccccc1. The first-order valence-electron chi connectivity index (χ1n) is 7.51. The Balaban J connectivity index is 1.93. The third-order valence-electron chi connectivity index (χ3n) is 3.59. The maximum atomic E-state index is 12.2. The van der Waals surface area contributed by atoms with Gasteiger partial charge in [-0.3, -0.25) is 14.5 Å². The first-order chi connectivity index (χ1) is 11.9. The zero-order valence-corrected chi connectivity index (χ0v) is 15.4. The summed E-state index contributed by atoms with van der Waals surface area (Å²) < 4.78 is 5.69. The van der Waals surface area contributed by atoms with Crippen LogP contribution in [-0.2, 0) is 16.1 Å². The molecular weight excluding hydrogens is 390 g/mol. The van der Waals surface area contributed by atoms with Gasteiger partial charge in [-0.2, -0.15) is 0 Å². The van der Waals surface area contributed by atoms with Crippen molar-refractivity contribution >= 4 is 33.6 Å². The van der Waals surface area contributed by atoms with E-state index in [0.717, 1.165) is 5.56 Å². The van der Waals surface area contributed by atoms with E-state index in [-0.39, 0.29) is 12.3 Å². The highest BCUT2D eigenvalue weighted by atomic mass is 79.9. The van der Waals surface area contributed by atoms with Crippen LogP contribution >= 0.6 is 15.9 Å². The van der Waals surface area contributed by atoms with Gasteiger partial charge in [0, 0.05) is 7.05 Å². The molecule has 0 bridgehead atoms. The monoisotopic (exact) mass is 407 g/mol. The second-order valence-electron chi connectivity index (χ2n) is 5.37. The molecule has 1 atom stereocenters. The molecule has 7 nitrogen and oxygen atoms in total. The smallest absolute Gasteiger partial charge is 0.410 e. The van der Waals surface area contributed by atoms with Crippen molar-refractivity contribution in [2.24, 2.45) is 0 Å². The number of anilines is 1. The highest BCUT2D eigenvalue weighted by molar-refractivity contribution is 9.10. The molecule has 2 N–H and O–H groups in total. The Bertz CT molecular complexity index is 807. The molecule has 1 aromatic heterocycles. The molecule has 0 saturated carbocycles. The molecule has 1 unspecified atom stereocenters. The van der Waals surface area contributed by atoms with E-state index < -0.39 is 23.6 Å². The van der Waals surface area contributed by atoms with Gasteiger partial charge in [-0.25, -0.2) is 4.79 Å². The van der Waals surface area contributed by atoms with E-state index in [0.29, 0.717) is 4.60 Å². The number of nitrogens with one attached hydrogen (secondary N) is 2. The zero-order chi connectivity index (χ0) is 18.4. The average Bonchev–Trinajstić information content (AvgIpc) is 2.61. The number of amides is 2. The zero-order valence-electron chi connectivity index (χ0n) is 13.8. The van der Waals surface area contributed by atoms with Gasteiger partial charge < -0.3 is 15.0 Å². The number of halogens is 1. The van der Waals surface area contributed by atoms with Crippen molar-refractivity contribution < 1.29 is 14.3 Å². The van der Waals surface area contributed by atoms with Crippen LogP contribution in [0.1, 0.15) is 12.5 Å². The lowest BCUT2D eigenvalue weighted by Gasteiger charge is -2.23. The number of aromatic nitrogens is 1. The van der Waals surface area contributed by atoms with Crippen LogP contribution in [0.15, 0.2) is 51.9 Å². The van der Waals surface area contributed by atoms with Gasteiger partial charge in [-0.1, -0.05) is 30.3 Å². The second kappa shape index (κ2) is 8.48. The molecule has 0 fully saturated rings. The predicted molar refractivity (Wildman–Crippen MR) is 97.2 cm³/mol. The third kappa shape index (κ3) is 5.18. The molecule has 0 spiro atoms. The van der Waals surface area contributed by atoms with E-state index in [1.54, 1.807) is 13.0 Å². The molecule has 1 heterocycles. The number of H-pyrrole nitrogens is 1. The van der Waals surface area contributed by atoms with Crippen molar-refractivity contribution in [1.82, 2.24) is 9.88 Å². The highest BCUT2D eigenvalue weighted by Gasteiger charge is 2.24. The molecule has 0 aliphatic carbocycles. The number of pyridine rings is 1. The van der Waals surface area contributed by atoms with E-state index in [9.17, 15) is 14.4 Å². The minimum absolute atomic E-state index is 0.103. The first-order valence-corrected chi connectivity index (χ1v) is 8.31. The minimum Gasteiger partial charge on any atom is -0.445 e. The number of likely N-dealkylation sites (N-methyl/N-ethyl adjacent to an activating group) is 1. The number of ether oxygens (including phenoxy) is 1. The number of hydrogen-bond acceptors (Lipinski definition) is 4. The van der Waals surface area contributed by atoms with Crippen LogP contribution in [-0.4, -0.2) is 35.0 Å². The summed E-state index contributed by atoms with van der Waals surface area (Å²) in [5, 5.41) is 2.49. The van der Waals surface area contributed by atoms with Gasteiger partial charge in [0.25, 0.3) is 5.56 Å². The Labute approximate surface area is 153 Å². The fourth-order valence-electron chi connectivity index (χ4n) is 1.94. The topological polar surface area (TPSA) is 91.5 Å². The van der Waals surface area contributed by atoms with Crippen LogP contribution in [0.2, 0.25) is 0 Å². The number of carbonyl (C=O) groups is 2. The van der Waals surface area contributed by atoms with E-state index >= 15 is 0 Å². The molecular formula is C17H18BrN3O4. The second-order valence-corrected chi connectivity index (χ2v) is 6.22. The molecule has 132 valence electrons. The number of carbonyl (C=O) groups excluding carboxylic acids is 2. The van der Waals surface area contributed by atoms with Crippen molar-refractivity contribution in [3.8, 4) is 0 Å². The van der Waals surface area contributed by atoms with Crippen molar-refractivity contribution in [3.63, 3.8) is 0 Å². The average molecular weight is 408 g/mol. The van der Waals surface area contributed by atoms with Crippen LogP contribution in [0, 0.1) is 0 Å². The number of hydrogen-bond donors (Lipinski definition) is 2. The summed E-state index contributed by atoms with van der Waals surface area (Å²) in [5.74, 6) is -0.494. The van der Waals surface area contributed by atoms with Crippen LogP contribution < -0.4 is 10.9 Å². The third-order valence-corrected chi connectivity index (χ3v) is 4.05. The molecule has 2 amide bonds. The van der Waals surface area contributed by atoms with E-state index in [4.69, 9.17) is 4.74 Å². The normalized spacial score (nSPS) is 11.5. The summed E-state index contributed by atoms with van der Waals surface area (Å²) >= 11 is 3.13. The molecule has 0 radical (unpaired) electrons. The van der Waals surface area contributed by atoms with Crippen LogP contribution in [0.4, 0.5) is 10.5 Å². The van der Waals surface area contributed by atoms with Gasteiger partial charge >= 0.3 is 6.09 Å². The summed E-state index contributed by atoms with van der Waals surface area (Å²) in [6.45, 7) is 1.66. The molecule has 0 aliphatic heterocycles. The summed E-state index contributed by atoms with van der Waals surface area (Å²) in [4.78, 5) is 39.8. The number of rotatable bonds is 5. The highest BCUT2D eigenvalue weighted by Crippen LogP contribution is 2.09. The van der Waals surface area contributed by atoms with Gasteiger partial charge in [0.1, 0.15) is 18.3 Å². The molecule has 25 heavy (non-hydrogen) atoms.